The van der Waals surface area contributed by atoms with E-state index < -0.39 is 10.0 Å². The molecule has 3 rings (SSSR count). The molecule has 0 aromatic heterocycles. The third kappa shape index (κ3) is 4.75. The molecule has 1 heterocycles. The van der Waals surface area contributed by atoms with Crippen molar-refractivity contribution in [2.24, 2.45) is 5.92 Å². The van der Waals surface area contributed by atoms with Crippen molar-refractivity contribution in [3.63, 3.8) is 0 Å². The number of benzene rings is 1. The second kappa shape index (κ2) is 8.93. The predicted octanol–water partition coefficient (Wildman–Crippen LogP) is 0.968. The summed E-state index contributed by atoms with van der Waals surface area (Å²) >= 11 is 0. The molecule has 0 unspecified atom stereocenters. The third-order valence-electron chi connectivity index (χ3n) is 6.47. The molecule has 1 amide bonds. The first-order valence-electron chi connectivity index (χ1n) is 10.5. The smallest absolute Gasteiger partial charge is 0.278 e. The van der Waals surface area contributed by atoms with Crippen molar-refractivity contribution in [3.05, 3.63) is 29.8 Å². The number of nitrogens with one attached hydrogen (secondary N) is 2. The van der Waals surface area contributed by atoms with Crippen LogP contribution in [0.25, 0.3) is 0 Å². The predicted molar refractivity (Wildman–Crippen MR) is 110 cm³/mol. The average Bonchev–Trinajstić information content (AvgIpc) is 2.69. The molecule has 1 aliphatic carbocycles. The van der Waals surface area contributed by atoms with Gasteiger partial charge in [0, 0.05) is 6.04 Å². The van der Waals surface area contributed by atoms with Gasteiger partial charge < -0.3 is 10.2 Å². The maximum atomic E-state index is 12.8. The van der Waals surface area contributed by atoms with Gasteiger partial charge in [0.1, 0.15) is 0 Å². The zero-order valence-corrected chi connectivity index (χ0v) is 18.1. The van der Waals surface area contributed by atoms with E-state index in [1.165, 1.54) is 19.3 Å². The fourth-order valence-corrected chi connectivity index (χ4v) is 5.77. The molecule has 7 heteroatoms. The Morgan fingerprint density at radius 2 is 1.75 bits per heavy atom. The Morgan fingerprint density at radius 3 is 2.36 bits per heavy atom. The molecule has 156 valence electrons. The van der Waals surface area contributed by atoms with Gasteiger partial charge in [0.2, 0.25) is 10.0 Å². The highest BCUT2D eigenvalue weighted by atomic mass is 32.2. The number of hydrogen-bond acceptors (Lipinski definition) is 3. The highest BCUT2D eigenvalue weighted by molar-refractivity contribution is 7.89. The SMILES string of the molecule is Cc1ccc(S(=O)(=O)N2CC[NH+]([C@H](C)C(=O)N[C@H]3CCCC[C@@H]3C)CC2)cc1. The first kappa shape index (κ1) is 21.3. The van der Waals surface area contributed by atoms with E-state index in [4.69, 9.17) is 0 Å². The van der Waals surface area contributed by atoms with E-state index >= 15 is 0 Å². The minimum absolute atomic E-state index is 0.101. The highest BCUT2D eigenvalue weighted by Gasteiger charge is 2.35. The van der Waals surface area contributed by atoms with Crippen LogP contribution in [0.1, 0.15) is 45.1 Å². The van der Waals surface area contributed by atoms with E-state index in [1.807, 2.05) is 26.0 Å². The van der Waals surface area contributed by atoms with Crippen molar-refractivity contribution in [1.29, 1.82) is 0 Å². The first-order chi connectivity index (χ1) is 13.3. The lowest BCUT2D eigenvalue weighted by Crippen LogP contribution is -3.19. The van der Waals surface area contributed by atoms with Gasteiger partial charge in [-0.2, -0.15) is 4.31 Å². The van der Waals surface area contributed by atoms with E-state index in [1.54, 1.807) is 16.4 Å². The van der Waals surface area contributed by atoms with Gasteiger partial charge in [-0.25, -0.2) is 8.42 Å². The Labute approximate surface area is 169 Å². The molecule has 0 spiro atoms. The van der Waals surface area contributed by atoms with Crippen LogP contribution in [0.4, 0.5) is 0 Å². The minimum atomic E-state index is -3.46. The number of piperazine rings is 1. The van der Waals surface area contributed by atoms with Crippen LogP contribution in [0.15, 0.2) is 29.2 Å². The molecular weight excluding hydrogens is 374 g/mol. The summed E-state index contributed by atoms with van der Waals surface area (Å²) in [4.78, 5) is 14.2. The van der Waals surface area contributed by atoms with Crippen LogP contribution in [-0.2, 0) is 14.8 Å². The van der Waals surface area contributed by atoms with Crippen molar-refractivity contribution in [2.75, 3.05) is 26.2 Å². The normalized spacial score (nSPS) is 26.0. The van der Waals surface area contributed by atoms with E-state index in [0.29, 0.717) is 37.0 Å². The van der Waals surface area contributed by atoms with Crippen LogP contribution in [0.2, 0.25) is 0 Å². The number of quaternary nitrogens is 1. The van der Waals surface area contributed by atoms with Gasteiger partial charge in [-0.3, -0.25) is 4.79 Å². The number of carbonyl (C=O) groups is 1. The molecule has 1 aromatic carbocycles. The van der Waals surface area contributed by atoms with Gasteiger partial charge >= 0.3 is 0 Å². The summed E-state index contributed by atoms with van der Waals surface area (Å²) in [6.45, 7) is 8.32. The van der Waals surface area contributed by atoms with Crippen molar-refractivity contribution >= 4 is 15.9 Å². The number of amides is 1. The third-order valence-corrected chi connectivity index (χ3v) is 8.38. The van der Waals surface area contributed by atoms with Gasteiger partial charge in [-0.1, -0.05) is 37.5 Å². The quantitative estimate of drug-likeness (QED) is 0.763. The monoisotopic (exact) mass is 408 g/mol. The molecule has 28 heavy (non-hydrogen) atoms. The number of aryl methyl sites for hydroxylation is 1. The minimum Gasteiger partial charge on any atom is -0.348 e. The molecule has 6 nitrogen and oxygen atoms in total. The number of nitrogens with zero attached hydrogens (tertiary/aromatic N) is 1. The molecular formula is C21H34N3O3S+. The highest BCUT2D eigenvalue weighted by Crippen LogP contribution is 2.23. The van der Waals surface area contributed by atoms with Crippen molar-refractivity contribution in [2.45, 2.75) is 63.4 Å². The van der Waals surface area contributed by atoms with Crippen LogP contribution in [-0.4, -0.2) is 56.9 Å². The fourth-order valence-electron chi connectivity index (χ4n) is 4.33. The molecule has 3 atom stereocenters. The average molecular weight is 409 g/mol. The summed E-state index contributed by atoms with van der Waals surface area (Å²) < 4.78 is 27.2. The molecule has 2 aliphatic rings. The lowest BCUT2D eigenvalue weighted by Gasteiger charge is -2.35. The second-order valence-electron chi connectivity index (χ2n) is 8.47. The number of rotatable bonds is 5. The van der Waals surface area contributed by atoms with Crippen LogP contribution >= 0.6 is 0 Å². The summed E-state index contributed by atoms with van der Waals surface area (Å²) in [7, 11) is -3.46. The van der Waals surface area contributed by atoms with Gasteiger partial charge in [0.05, 0.1) is 31.1 Å². The number of carbonyl (C=O) groups excluding carboxylic acids is 1. The lowest BCUT2D eigenvalue weighted by atomic mass is 9.86. The summed E-state index contributed by atoms with van der Waals surface area (Å²) in [6.07, 6.45) is 4.69. The zero-order valence-electron chi connectivity index (χ0n) is 17.3. The van der Waals surface area contributed by atoms with Crippen molar-refractivity contribution in [1.82, 2.24) is 9.62 Å². The summed E-state index contributed by atoms with van der Waals surface area (Å²) in [5, 5.41) is 3.25. The van der Waals surface area contributed by atoms with Gasteiger partial charge in [-0.15, -0.1) is 0 Å². The zero-order chi connectivity index (χ0) is 20.3. The van der Waals surface area contributed by atoms with Crippen LogP contribution < -0.4 is 10.2 Å². The Morgan fingerprint density at radius 1 is 1.14 bits per heavy atom. The molecule has 1 aliphatic heterocycles. The van der Waals surface area contributed by atoms with Crippen molar-refractivity contribution < 1.29 is 18.1 Å². The molecule has 2 fully saturated rings. The van der Waals surface area contributed by atoms with E-state index in [2.05, 4.69) is 12.2 Å². The molecule has 1 aromatic rings. The topological polar surface area (TPSA) is 70.9 Å². The Bertz CT molecular complexity index is 771. The van der Waals surface area contributed by atoms with Gasteiger partial charge in [-0.05, 0) is 44.7 Å². The Balaban J connectivity index is 1.55. The standard InChI is InChI=1S/C21H33N3O3S/c1-16-8-10-19(11-9-16)28(26,27)24-14-12-23(13-15-24)18(3)21(25)22-20-7-5-4-6-17(20)2/h8-11,17-18,20H,4-7,12-15H2,1-3H3,(H,22,25)/p+1/t17-,18+,20-/m0/s1. The van der Waals surface area contributed by atoms with Crippen LogP contribution in [0.5, 0.6) is 0 Å². The van der Waals surface area contributed by atoms with Crippen LogP contribution in [0, 0.1) is 12.8 Å². The number of hydrogen-bond donors (Lipinski definition) is 2. The van der Waals surface area contributed by atoms with E-state index in [0.717, 1.165) is 16.9 Å². The van der Waals surface area contributed by atoms with Crippen molar-refractivity contribution in [3.8, 4) is 0 Å². The number of sulfonamides is 1. The molecule has 2 N–H and O–H groups in total. The molecule has 1 saturated heterocycles. The summed E-state index contributed by atoms with van der Waals surface area (Å²) in [6, 6.07) is 7.13. The molecule has 1 saturated carbocycles. The van der Waals surface area contributed by atoms with Crippen LogP contribution in [0.3, 0.4) is 0 Å². The van der Waals surface area contributed by atoms with E-state index in [-0.39, 0.29) is 18.0 Å². The van der Waals surface area contributed by atoms with E-state index in [9.17, 15) is 13.2 Å². The Hall–Kier alpha value is -1.44. The summed E-state index contributed by atoms with van der Waals surface area (Å²) in [5.74, 6) is 0.639. The molecule has 0 radical (unpaired) electrons. The maximum absolute atomic E-state index is 12.8. The second-order valence-corrected chi connectivity index (χ2v) is 10.4. The lowest BCUT2D eigenvalue weighted by molar-refractivity contribution is -0.917. The first-order valence-corrected chi connectivity index (χ1v) is 11.9. The fraction of sp³-hybridized carbons (Fsp3) is 0.667. The van der Waals surface area contributed by atoms with Gasteiger partial charge in [0.25, 0.3) is 5.91 Å². The largest absolute Gasteiger partial charge is 0.348 e. The van der Waals surface area contributed by atoms with Gasteiger partial charge in [0.15, 0.2) is 6.04 Å². The Kier molecular flexibility index (Phi) is 6.78. The maximum Gasteiger partial charge on any atom is 0.278 e. The molecule has 0 bridgehead atoms. The summed E-state index contributed by atoms with van der Waals surface area (Å²) in [5.41, 5.74) is 1.04.